The summed E-state index contributed by atoms with van der Waals surface area (Å²) in [7, 11) is 0. The van der Waals surface area contributed by atoms with Crippen molar-refractivity contribution in [2.45, 2.75) is 20.4 Å². The lowest BCUT2D eigenvalue weighted by atomic mass is 10.2. The van der Waals surface area contributed by atoms with Gasteiger partial charge < -0.3 is 15.5 Å². The van der Waals surface area contributed by atoms with Gasteiger partial charge >= 0.3 is 0 Å². The quantitative estimate of drug-likeness (QED) is 0.618. The fraction of sp³-hybridized carbons (Fsp3) is 0.227. The summed E-state index contributed by atoms with van der Waals surface area (Å²) in [6.07, 6.45) is 5.15. The topological polar surface area (TPSA) is 70.2 Å². The normalized spacial score (nSPS) is 10.4. The highest BCUT2D eigenvalue weighted by Crippen LogP contribution is 2.18. The number of rotatable bonds is 8. The first-order valence-corrected chi connectivity index (χ1v) is 9.44. The summed E-state index contributed by atoms with van der Waals surface area (Å²) in [5.74, 6) is -0.233. The zero-order valence-corrected chi connectivity index (χ0v) is 16.2. The third kappa shape index (κ3) is 5.07. The number of aromatic nitrogens is 2. The van der Waals surface area contributed by atoms with E-state index in [1.165, 1.54) is 0 Å². The van der Waals surface area contributed by atoms with Crippen LogP contribution in [0.15, 0.2) is 67.1 Å². The van der Waals surface area contributed by atoms with Crippen LogP contribution >= 0.6 is 0 Å². The minimum Gasteiger partial charge on any atom is -0.381 e. The van der Waals surface area contributed by atoms with E-state index in [2.05, 4.69) is 39.3 Å². The predicted octanol–water partition coefficient (Wildman–Crippen LogP) is 4.19. The van der Waals surface area contributed by atoms with Gasteiger partial charge in [0.05, 0.1) is 0 Å². The van der Waals surface area contributed by atoms with Crippen molar-refractivity contribution in [2.24, 2.45) is 0 Å². The number of hydrogen-bond donors (Lipinski definition) is 2. The Morgan fingerprint density at radius 2 is 1.64 bits per heavy atom. The number of hydrogen-bond acceptors (Lipinski definition) is 5. The van der Waals surface area contributed by atoms with Crippen LogP contribution in [0.25, 0.3) is 0 Å². The van der Waals surface area contributed by atoms with Gasteiger partial charge in [-0.3, -0.25) is 14.8 Å². The lowest BCUT2D eigenvalue weighted by Gasteiger charge is -2.21. The van der Waals surface area contributed by atoms with Gasteiger partial charge in [-0.2, -0.15) is 0 Å². The van der Waals surface area contributed by atoms with E-state index >= 15 is 0 Å². The SMILES string of the molecule is CCN(CC)c1ccc(NC(=O)c2cc(NCc3ccncc3)ccn2)cc1. The summed E-state index contributed by atoms with van der Waals surface area (Å²) >= 11 is 0. The van der Waals surface area contributed by atoms with Crippen LogP contribution in [0, 0.1) is 0 Å². The van der Waals surface area contributed by atoms with E-state index in [1.807, 2.05) is 42.5 Å². The summed E-state index contributed by atoms with van der Waals surface area (Å²) in [5.41, 5.74) is 4.22. The third-order valence-corrected chi connectivity index (χ3v) is 4.49. The molecule has 0 fully saturated rings. The van der Waals surface area contributed by atoms with Crippen LogP contribution in [-0.4, -0.2) is 29.0 Å². The molecule has 0 unspecified atom stereocenters. The molecule has 6 heteroatoms. The molecule has 0 aliphatic rings. The molecule has 2 aromatic heterocycles. The van der Waals surface area contributed by atoms with Crippen molar-refractivity contribution in [3.8, 4) is 0 Å². The summed E-state index contributed by atoms with van der Waals surface area (Å²) in [6.45, 7) is 6.80. The predicted molar refractivity (Wildman–Crippen MR) is 114 cm³/mol. The van der Waals surface area contributed by atoms with Crippen LogP contribution in [0.2, 0.25) is 0 Å². The summed E-state index contributed by atoms with van der Waals surface area (Å²) < 4.78 is 0. The number of carbonyl (C=O) groups excluding carboxylic acids is 1. The maximum atomic E-state index is 12.6. The van der Waals surface area contributed by atoms with Crippen molar-refractivity contribution in [1.29, 1.82) is 0 Å². The van der Waals surface area contributed by atoms with Gasteiger partial charge in [-0.25, -0.2) is 0 Å². The van der Waals surface area contributed by atoms with Crippen LogP contribution in [-0.2, 0) is 6.54 Å². The minimum atomic E-state index is -0.233. The largest absolute Gasteiger partial charge is 0.381 e. The molecule has 6 nitrogen and oxygen atoms in total. The molecule has 0 radical (unpaired) electrons. The monoisotopic (exact) mass is 375 g/mol. The van der Waals surface area contributed by atoms with Gasteiger partial charge in [0.15, 0.2) is 0 Å². The summed E-state index contributed by atoms with van der Waals surface area (Å²) in [5, 5.41) is 6.20. The molecular weight excluding hydrogens is 350 g/mol. The second-order valence-corrected chi connectivity index (χ2v) is 6.31. The number of amides is 1. The van der Waals surface area contributed by atoms with E-state index in [0.717, 1.165) is 35.7 Å². The fourth-order valence-corrected chi connectivity index (χ4v) is 2.91. The van der Waals surface area contributed by atoms with E-state index in [4.69, 9.17) is 0 Å². The molecule has 0 atom stereocenters. The molecule has 1 amide bonds. The Bertz CT molecular complexity index is 892. The second kappa shape index (κ2) is 9.50. The molecule has 0 aliphatic carbocycles. The van der Waals surface area contributed by atoms with E-state index in [9.17, 15) is 4.79 Å². The first-order chi connectivity index (χ1) is 13.7. The van der Waals surface area contributed by atoms with Crippen LogP contribution in [0.3, 0.4) is 0 Å². The Balaban J connectivity index is 1.62. The zero-order chi connectivity index (χ0) is 19.8. The van der Waals surface area contributed by atoms with Gasteiger partial charge in [-0.1, -0.05) is 0 Å². The highest BCUT2D eigenvalue weighted by molar-refractivity contribution is 6.03. The lowest BCUT2D eigenvalue weighted by Crippen LogP contribution is -2.21. The Labute approximate surface area is 165 Å². The molecule has 2 N–H and O–H groups in total. The van der Waals surface area contributed by atoms with Gasteiger partial charge in [-0.05, 0) is 67.9 Å². The Kier molecular flexibility index (Phi) is 6.57. The Hall–Kier alpha value is -3.41. The first-order valence-electron chi connectivity index (χ1n) is 9.44. The average molecular weight is 375 g/mol. The van der Waals surface area contributed by atoms with Crippen LogP contribution in [0.1, 0.15) is 29.9 Å². The van der Waals surface area contributed by atoms with Crippen molar-refractivity contribution in [2.75, 3.05) is 28.6 Å². The van der Waals surface area contributed by atoms with Gasteiger partial charge in [-0.15, -0.1) is 0 Å². The van der Waals surface area contributed by atoms with Crippen molar-refractivity contribution in [3.63, 3.8) is 0 Å². The standard InChI is InChI=1S/C22H25N5O/c1-3-27(4-2)20-7-5-18(6-8-20)26-22(28)21-15-19(11-14-24-21)25-16-17-9-12-23-13-10-17/h5-15H,3-4,16H2,1-2H3,(H,24,25)(H,26,28). The summed E-state index contributed by atoms with van der Waals surface area (Å²) in [4.78, 5) is 23.0. The van der Waals surface area contributed by atoms with E-state index in [0.29, 0.717) is 12.2 Å². The number of carbonyl (C=O) groups is 1. The lowest BCUT2D eigenvalue weighted by molar-refractivity contribution is 0.102. The van der Waals surface area contributed by atoms with Crippen LogP contribution in [0.4, 0.5) is 17.1 Å². The molecule has 0 spiro atoms. The average Bonchev–Trinajstić information content (AvgIpc) is 2.75. The van der Waals surface area contributed by atoms with Gasteiger partial charge in [0.1, 0.15) is 5.69 Å². The van der Waals surface area contributed by atoms with Crippen molar-refractivity contribution < 1.29 is 4.79 Å². The number of nitrogens with zero attached hydrogens (tertiary/aromatic N) is 3. The van der Waals surface area contributed by atoms with Crippen molar-refractivity contribution >= 4 is 23.0 Å². The highest BCUT2D eigenvalue weighted by Gasteiger charge is 2.09. The molecule has 3 rings (SSSR count). The molecule has 1 aromatic carbocycles. The van der Waals surface area contributed by atoms with Crippen molar-refractivity contribution in [3.05, 3.63) is 78.4 Å². The minimum absolute atomic E-state index is 0.233. The molecule has 0 saturated heterocycles. The second-order valence-electron chi connectivity index (χ2n) is 6.31. The number of benzene rings is 1. The van der Waals surface area contributed by atoms with Gasteiger partial charge in [0.2, 0.25) is 0 Å². The van der Waals surface area contributed by atoms with Gasteiger partial charge in [0.25, 0.3) is 5.91 Å². The highest BCUT2D eigenvalue weighted by atomic mass is 16.1. The van der Waals surface area contributed by atoms with E-state index < -0.39 is 0 Å². The number of pyridine rings is 2. The molecule has 3 aromatic rings. The number of anilines is 3. The maximum absolute atomic E-state index is 12.6. The number of nitrogens with one attached hydrogen (secondary N) is 2. The molecule has 2 heterocycles. The van der Waals surface area contributed by atoms with Crippen LogP contribution in [0.5, 0.6) is 0 Å². The summed E-state index contributed by atoms with van der Waals surface area (Å²) in [6, 6.07) is 15.4. The molecular formula is C22H25N5O. The van der Waals surface area contributed by atoms with E-state index in [-0.39, 0.29) is 5.91 Å². The van der Waals surface area contributed by atoms with E-state index in [1.54, 1.807) is 24.7 Å². The van der Waals surface area contributed by atoms with Gasteiger partial charge in [0, 0.05) is 55.3 Å². The molecule has 28 heavy (non-hydrogen) atoms. The Morgan fingerprint density at radius 3 is 2.32 bits per heavy atom. The molecule has 0 bridgehead atoms. The third-order valence-electron chi connectivity index (χ3n) is 4.49. The van der Waals surface area contributed by atoms with Crippen molar-refractivity contribution in [1.82, 2.24) is 9.97 Å². The van der Waals surface area contributed by atoms with Crippen LogP contribution < -0.4 is 15.5 Å². The fourth-order valence-electron chi connectivity index (χ4n) is 2.91. The smallest absolute Gasteiger partial charge is 0.274 e. The maximum Gasteiger partial charge on any atom is 0.274 e. The molecule has 0 aliphatic heterocycles. The first kappa shape index (κ1) is 19.4. The molecule has 144 valence electrons. The Morgan fingerprint density at radius 1 is 0.929 bits per heavy atom. The molecule has 0 saturated carbocycles. The zero-order valence-electron chi connectivity index (χ0n) is 16.2.